The highest BCUT2D eigenvalue weighted by molar-refractivity contribution is 9.10. The Morgan fingerprint density at radius 3 is 2.67 bits per heavy atom. The van der Waals surface area contributed by atoms with Crippen molar-refractivity contribution in [3.63, 3.8) is 0 Å². The molecule has 0 aromatic heterocycles. The predicted molar refractivity (Wildman–Crippen MR) is 81.1 cm³/mol. The van der Waals surface area contributed by atoms with E-state index in [1.54, 1.807) is 18.2 Å². The molecule has 8 heteroatoms. The third-order valence-electron chi connectivity index (χ3n) is 2.56. The number of sulfonamides is 1. The molecule has 21 heavy (non-hydrogen) atoms. The fraction of sp³-hybridized carbons (Fsp3) is 0. The first-order chi connectivity index (χ1) is 9.85. The van der Waals surface area contributed by atoms with E-state index >= 15 is 0 Å². The van der Waals surface area contributed by atoms with Crippen LogP contribution in [0.1, 0.15) is 5.56 Å². The molecule has 2 aromatic carbocycles. The lowest BCUT2D eigenvalue weighted by atomic mass is 10.2. The minimum atomic E-state index is -3.96. The van der Waals surface area contributed by atoms with E-state index in [0.29, 0.717) is 9.50 Å². The number of hydrogen-bond acceptors (Lipinski definition) is 3. The van der Waals surface area contributed by atoms with Crippen molar-refractivity contribution in [3.05, 3.63) is 57.3 Å². The molecule has 1 N–H and O–H groups in total. The molecule has 0 atom stereocenters. The first-order valence-corrected chi connectivity index (χ1v) is 8.17. The smallest absolute Gasteiger partial charge is 0.261 e. The quantitative estimate of drug-likeness (QED) is 0.865. The Bertz CT molecular complexity index is 850. The number of nitrogens with one attached hydrogen (secondary N) is 1. The fourth-order valence-corrected chi connectivity index (χ4v) is 3.31. The Kier molecular flexibility index (Phi) is 4.52. The van der Waals surface area contributed by atoms with E-state index in [9.17, 15) is 12.8 Å². The molecule has 4 nitrogen and oxygen atoms in total. The minimum Gasteiger partial charge on any atom is -0.278 e. The molecule has 0 aliphatic heterocycles. The second kappa shape index (κ2) is 6.02. The van der Waals surface area contributed by atoms with Gasteiger partial charge in [-0.05, 0) is 46.3 Å². The van der Waals surface area contributed by atoms with Gasteiger partial charge in [-0.15, -0.1) is 0 Å². The van der Waals surface area contributed by atoms with E-state index in [2.05, 4.69) is 20.7 Å². The topological polar surface area (TPSA) is 70.0 Å². The summed E-state index contributed by atoms with van der Waals surface area (Å²) < 4.78 is 40.4. The van der Waals surface area contributed by atoms with Gasteiger partial charge in [0.2, 0.25) is 0 Å². The van der Waals surface area contributed by atoms with Crippen molar-refractivity contribution in [3.8, 4) is 6.07 Å². The maximum Gasteiger partial charge on any atom is 0.261 e. The van der Waals surface area contributed by atoms with Gasteiger partial charge in [0, 0.05) is 0 Å². The first-order valence-electron chi connectivity index (χ1n) is 5.51. The van der Waals surface area contributed by atoms with Crippen LogP contribution in [0.4, 0.5) is 10.1 Å². The largest absolute Gasteiger partial charge is 0.278 e. The normalized spacial score (nSPS) is 11.0. The van der Waals surface area contributed by atoms with Gasteiger partial charge in [0.15, 0.2) is 0 Å². The molecule has 0 heterocycles. The van der Waals surface area contributed by atoms with Crippen LogP contribution in [0, 0.1) is 17.1 Å². The third kappa shape index (κ3) is 3.35. The second-order valence-corrected chi connectivity index (χ2v) is 6.84. The standard InChI is InChI=1S/C13H7BrClFN2O2S/c14-13-10(15)2-1-3-12(13)18-21(19,20)9-4-5-11(16)8(6-9)7-17/h1-6,18H. The Morgan fingerprint density at radius 1 is 1.29 bits per heavy atom. The van der Waals surface area contributed by atoms with Gasteiger partial charge in [-0.1, -0.05) is 17.7 Å². The highest BCUT2D eigenvalue weighted by Crippen LogP contribution is 2.31. The van der Waals surface area contributed by atoms with Gasteiger partial charge in [0.1, 0.15) is 11.9 Å². The first kappa shape index (κ1) is 15.8. The molecule has 0 unspecified atom stereocenters. The number of rotatable bonds is 3. The zero-order valence-corrected chi connectivity index (χ0v) is 13.4. The predicted octanol–water partition coefficient (Wildman–Crippen LogP) is 3.91. The maximum absolute atomic E-state index is 13.2. The average Bonchev–Trinajstić information content (AvgIpc) is 2.44. The Labute approximate surface area is 134 Å². The molecule has 0 radical (unpaired) electrons. The summed E-state index contributed by atoms with van der Waals surface area (Å²) in [6, 6.07) is 9.26. The average molecular weight is 390 g/mol. The molecule has 0 bridgehead atoms. The maximum atomic E-state index is 13.2. The van der Waals surface area contributed by atoms with E-state index < -0.39 is 15.8 Å². The van der Waals surface area contributed by atoms with Crippen LogP contribution in [-0.2, 0) is 10.0 Å². The lowest BCUT2D eigenvalue weighted by molar-refractivity contribution is 0.599. The van der Waals surface area contributed by atoms with Crippen LogP contribution in [0.5, 0.6) is 0 Å². The van der Waals surface area contributed by atoms with Crippen LogP contribution < -0.4 is 4.72 Å². The van der Waals surface area contributed by atoms with Crippen LogP contribution in [-0.4, -0.2) is 8.42 Å². The Balaban J connectivity index is 2.44. The number of hydrogen-bond donors (Lipinski definition) is 1. The van der Waals surface area contributed by atoms with Crippen LogP contribution >= 0.6 is 27.5 Å². The molecule has 2 aromatic rings. The van der Waals surface area contributed by atoms with Crippen LogP contribution in [0.15, 0.2) is 45.8 Å². The minimum absolute atomic E-state index is 0.215. The lowest BCUT2D eigenvalue weighted by Crippen LogP contribution is -2.13. The van der Waals surface area contributed by atoms with Crippen molar-refractivity contribution in [2.75, 3.05) is 4.72 Å². The number of anilines is 1. The van der Waals surface area contributed by atoms with E-state index in [-0.39, 0.29) is 16.1 Å². The van der Waals surface area contributed by atoms with Gasteiger partial charge in [0.05, 0.1) is 25.6 Å². The molecular weight excluding hydrogens is 383 g/mol. The van der Waals surface area contributed by atoms with Crippen molar-refractivity contribution in [2.45, 2.75) is 4.90 Å². The summed E-state index contributed by atoms with van der Waals surface area (Å²) in [5, 5.41) is 9.09. The zero-order valence-electron chi connectivity index (χ0n) is 10.3. The van der Waals surface area contributed by atoms with Crippen molar-refractivity contribution in [2.24, 2.45) is 0 Å². The molecule has 0 saturated carbocycles. The molecule has 0 aliphatic carbocycles. The van der Waals surface area contributed by atoms with Crippen molar-refractivity contribution in [1.82, 2.24) is 0 Å². The summed E-state index contributed by atoms with van der Waals surface area (Å²) in [7, 11) is -3.96. The number of nitriles is 1. The van der Waals surface area contributed by atoms with Crippen LogP contribution in [0.3, 0.4) is 0 Å². The molecule has 0 amide bonds. The molecule has 0 aliphatic rings. The van der Waals surface area contributed by atoms with Crippen molar-refractivity contribution < 1.29 is 12.8 Å². The van der Waals surface area contributed by atoms with Gasteiger partial charge in [-0.25, -0.2) is 12.8 Å². The van der Waals surface area contributed by atoms with Gasteiger partial charge in [0.25, 0.3) is 10.0 Å². The zero-order chi connectivity index (χ0) is 15.6. The Hall–Kier alpha value is -1.62. The van der Waals surface area contributed by atoms with Crippen LogP contribution in [0.25, 0.3) is 0 Å². The molecule has 108 valence electrons. The number of benzene rings is 2. The summed E-state index contributed by atoms with van der Waals surface area (Å²) in [6.07, 6.45) is 0. The van der Waals surface area contributed by atoms with Gasteiger partial charge < -0.3 is 0 Å². The number of nitrogens with zero attached hydrogens (tertiary/aromatic N) is 1. The highest BCUT2D eigenvalue weighted by Gasteiger charge is 2.18. The van der Waals surface area contributed by atoms with E-state index in [1.165, 1.54) is 6.07 Å². The van der Waals surface area contributed by atoms with Gasteiger partial charge in [-0.3, -0.25) is 4.72 Å². The molecule has 0 saturated heterocycles. The number of halogens is 3. The van der Waals surface area contributed by atoms with E-state index in [0.717, 1.165) is 18.2 Å². The fourth-order valence-electron chi connectivity index (χ4n) is 1.54. The van der Waals surface area contributed by atoms with Gasteiger partial charge >= 0.3 is 0 Å². The molecule has 0 spiro atoms. The Morgan fingerprint density at radius 2 is 2.00 bits per heavy atom. The van der Waals surface area contributed by atoms with Gasteiger partial charge in [-0.2, -0.15) is 5.26 Å². The van der Waals surface area contributed by atoms with E-state index in [4.69, 9.17) is 16.9 Å². The summed E-state index contributed by atoms with van der Waals surface area (Å²) in [5.74, 6) is -0.777. The second-order valence-electron chi connectivity index (χ2n) is 3.96. The third-order valence-corrected chi connectivity index (χ3v) is 5.33. The highest BCUT2D eigenvalue weighted by atomic mass is 79.9. The van der Waals surface area contributed by atoms with E-state index in [1.807, 2.05) is 0 Å². The van der Waals surface area contributed by atoms with Crippen molar-refractivity contribution in [1.29, 1.82) is 5.26 Å². The molecular formula is C13H7BrClFN2O2S. The summed E-state index contributed by atoms with van der Waals surface area (Å²) in [5.41, 5.74) is -0.103. The summed E-state index contributed by atoms with van der Waals surface area (Å²) in [6.45, 7) is 0. The van der Waals surface area contributed by atoms with Crippen molar-refractivity contribution >= 4 is 43.2 Å². The molecule has 2 rings (SSSR count). The monoisotopic (exact) mass is 388 g/mol. The van der Waals surface area contributed by atoms with Crippen LogP contribution in [0.2, 0.25) is 5.02 Å². The summed E-state index contributed by atoms with van der Waals surface area (Å²) >= 11 is 9.06. The molecule has 0 fully saturated rings. The lowest BCUT2D eigenvalue weighted by Gasteiger charge is -2.10. The summed E-state index contributed by atoms with van der Waals surface area (Å²) in [4.78, 5) is -0.215. The SMILES string of the molecule is N#Cc1cc(S(=O)(=O)Nc2cccc(Cl)c2Br)ccc1F.